The van der Waals surface area contributed by atoms with Gasteiger partial charge in [-0.2, -0.15) is 10.1 Å². The van der Waals surface area contributed by atoms with Crippen LogP contribution in [0.15, 0.2) is 27.3 Å². The van der Waals surface area contributed by atoms with E-state index < -0.39 is 0 Å². The first-order valence-corrected chi connectivity index (χ1v) is 8.31. The van der Waals surface area contributed by atoms with Crippen LogP contribution in [0.3, 0.4) is 0 Å². The number of aromatic nitrogens is 4. The van der Waals surface area contributed by atoms with E-state index in [-0.39, 0.29) is 6.04 Å². The fourth-order valence-corrected chi connectivity index (χ4v) is 3.67. The molecule has 0 spiro atoms. The number of likely N-dealkylation sites (tertiary alicyclic amines) is 1. The summed E-state index contributed by atoms with van der Waals surface area (Å²) in [6.07, 6.45) is 3.75. The van der Waals surface area contributed by atoms with E-state index in [9.17, 15) is 0 Å². The second kappa shape index (κ2) is 6.07. The maximum atomic E-state index is 6.44. The summed E-state index contributed by atoms with van der Waals surface area (Å²) < 4.78 is 12.4. The molecule has 0 amide bonds. The first-order chi connectivity index (χ1) is 11.6. The smallest absolute Gasteiger partial charge is 0.241 e. The molecule has 24 heavy (non-hydrogen) atoms. The van der Waals surface area contributed by atoms with Crippen molar-refractivity contribution in [2.24, 2.45) is 7.05 Å². The van der Waals surface area contributed by atoms with Gasteiger partial charge in [-0.3, -0.25) is 9.58 Å². The Hall–Kier alpha value is -2.12. The standard InChI is InChI=1S/C16H18ClN5O2/c1-10-14(15(17)21(2)19-10)11-5-3-7-22(11)9-13-18-16(20-24-13)12-6-4-8-23-12/h4,6,8,11H,3,5,7,9H2,1-2H3. The summed E-state index contributed by atoms with van der Waals surface area (Å²) in [7, 11) is 1.87. The Bertz CT molecular complexity index is 839. The molecule has 0 bridgehead atoms. The lowest BCUT2D eigenvalue weighted by molar-refractivity contribution is 0.212. The normalized spacial score (nSPS) is 18.5. The first kappa shape index (κ1) is 15.4. The third-order valence-electron chi connectivity index (χ3n) is 4.44. The zero-order chi connectivity index (χ0) is 16.7. The summed E-state index contributed by atoms with van der Waals surface area (Å²) in [4.78, 5) is 6.74. The lowest BCUT2D eigenvalue weighted by Gasteiger charge is -2.22. The molecule has 0 radical (unpaired) electrons. The van der Waals surface area contributed by atoms with Gasteiger partial charge in [0.25, 0.3) is 0 Å². The number of aryl methyl sites for hydroxylation is 2. The van der Waals surface area contributed by atoms with Crippen molar-refractivity contribution in [3.63, 3.8) is 0 Å². The molecule has 1 fully saturated rings. The zero-order valence-electron chi connectivity index (χ0n) is 13.6. The van der Waals surface area contributed by atoms with Crippen LogP contribution in [0.1, 0.15) is 36.0 Å². The number of hydrogen-bond donors (Lipinski definition) is 0. The highest BCUT2D eigenvalue weighted by Gasteiger charge is 2.32. The van der Waals surface area contributed by atoms with E-state index in [1.54, 1.807) is 17.0 Å². The van der Waals surface area contributed by atoms with E-state index in [2.05, 4.69) is 20.1 Å². The van der Waals surface area contributed by atoms with Gasteiger partial charge in [-0.25, -0.2) is 0 Å². The Morgan fingerprint density at radius 1 is 1.42 bits per heavy atom. The maximum absolute atomic E-state index is 6.44. The van der Waals surface area contributed by atoms with Crippen molar-refractivity contribution >= 4 is 11.6 Å². The van der Waals surface area contributed by atoms with Crippen molar-refractivity contribution in [2.45, 2.75) is 32.4 Å². The number of nitrogens with zero attached hydrogens (tertiary/aromatic N) is 5. The molecular weight excluding hydrogens is 330 g/mol. The van der Waals surface area contributed by atoms with Crippen molar-refractivity contribution in [3.05, 3.63) is 40.7 Å². The SMILES string of the molecule is Cc1nn(C)c(Cl)c1C1CCCN1Cc1nc(-c2ccco2)no1. The van der Waals surface area contributed by atoms with E-state index >= 15 is 0 Å². The molecule has 1 aliphatic rings. The average molecular weight is 348 g/mol. The Morgan fingerprint density at radius 2 is 2.29 bits per heavy atom. The van der Waals surface area contributed by atoms with E-state index in [1.165, 1.54) is 0 Å². The van der Waals surface area contributed by atoms with Gasteiger partial charge in [-0.15, -0.1) is 0 Å². The summed E-state index contributed by atoms with van der Waals surface area (Å²) in [5.41, 5.74) is 2.07. The van der Waals surface area contributed by atoms with Gasteiger partial charge in [0.2, 0.25) is 11.7 Å². The summed E-state index contributed by atoms with van der Waals surface area (Å²) in [6.45, 7) is 3.55. The molecule has 1 saturated heterocycles. The number of halogens is 1. The highest BCUT2D eigenvalue weighted by atomic mass is 35.5. The highest BCUT2D eigenvalue weighted by molar-refractivity contribution is 6.30. The first-order valence-electron chi connectivity index (χ1n) is 7.93. The van der Waals surface area contributed by atoms with Crippen molar-refractivity contribution in [2.75, 3.05) is 6.54 Å². The molecular formula is C16H18ClN5O2. The molecule has 1 unspecified atom stereocenters. The van der Waals surface area contributed by atoms with E-state index in [4.69, 9.17) is 20.5 Å². The monoisotopic (exact) mass is 347 g/mol. The molecule has 8 heteroatoms. The van der Waals surface area contributed by atoms with Crippen LogP contribution in [0.4, 0.5) is 0 Å². The van der Waals surface area contributed by atoms with Gasteiger partial charge in [-0.05, 0) is 38.4 Å². The quantitative estimate of drug-likeness (QED) is 0.720. The molecule has 3 aromatic rings. The third kappa shape index (κ3) is 2.63. The second-order valence-corrected chi connectivity index (χ2v) is 6.39. The molecule has 4 heterocycles. The predicted octanol–water partition coefficient (Wildman–Crippen LogP) is 3.36. The maximum Gasteiger partial charge on any atom is 0.241 e. The molecule has 0 aliphatic carbocycles. The summed E-state index contributed by atoms with van der Waals surface area (Å²) in [5.74, 6) is 1.65. The number of hydrogen-bond acceptors (Lipinski definition) is 6. The molecule has 0 saturated carbocycles. The van der Waals surface area contributed by atoms with Crippen molar-refractivity contribution in [3.8, 4) is 11.6 Å². The van der Waals surface area contributed by atoms with E-state index in [0.717, 1.165) is 30.6 Å². The highest BCUT2D eigenvalue weighted by Crippen LogP contribution is 2.38. The van der Waals surface area contributed by atoms with E-state index in [1.807, 2.05) is 20.0 Å². The Balaban J connectivity index is 1.56. The topological polar surface area (TPSA) is 73.1 Å². The van der Waals surface area contributed by atoms with Crippen LogP contribution in [-0.2, 0) is 13.6 Å². The van der Waals surface area contributed by atoms with Crippen LogP contribution in [0.25, 0.3) is 11.6 Å². The van der Waals surface area contributed by atoms with Crippen LogP contribution in [0.5, 0.6) is 0 Å². The van der Waals surface area contributed by atoms with Gasteiger partial charge in [0, 0.05) is 18.7 Å². The van der Waals surface area contributed by atoms with Gasteiger partial charge in [0.15, 0.2) is 5.76 Å². The van der Waals surface area contributed by atoms with Crippen LogP contribution in [-0.4, -0.2) is 31.4 Å². The Morgan fingerprint density at radius 3 is 3.00 bits per heavy atom. The number of furan rings is 1. The molecule has 1 atom stereocenters. The average Bonchev–Trinajstić information content (AvgIpc) is 3.30. The molecule has 4 rings (SSSR count). The van der Waals surface area contributed by atoms with Crippen molar-refractivity contribution in [1.29, 1.82) is 0 Å². The van der Waals surface area contributed by atoms with Gasteiger partial charge >= 0.3 is 0 Å². The van der Waals surface area contributed by atoms with Crippen molar-refractivity contribution in [1.82, 2.24) is 24.8 Å². The third-order valence-corrected chi connectivity index (χ3v) is 4.89. The van der Waals surface area contributed by atoms with Gasteiger partial charge in [-0.1, -0.05) is 16.8 Å². The largest absolute Gasteiger partial charge is 0.461 e. The second-order valence-electron chi connectivity index (χ2n) is 6.03. The Kier molecular flexibility index (Phi) is 3.90. The summed E-state index contributed by atoms with van der Waals surface area (Å²) >= 11 is 6.44. The Labute approximate surface area is 144 Å². The van der Waals surface area contributed by atoms with E-state index in [0.29, 0.717) is 29.2 Å². The minimum absolute atomic E-state index is 0.227. The molecule has 0 aromatic carbocycles. The summed E-state index contributed by atoms with van der Waals surface area (Å²) in [6, 6.07) is 3.84. The van der Waals surface area contributed by atoms with Crippen molar-refractivity contribution < 1.29 is 8.94 Å². The van der Waals surface area contributed by atoms with Crippen LogP contribution in [0.2, 0.25) is 5.15 Å². The lowest BCUT2D eigenvalue weighted by Crippen LogP contribution is -2.23. The fraction of sp³-hybridized carbons (Fsp3) is 0.438. The zero-order valence-corrected chi connectivity index (χ0v) is 14.3. The fourth-order valence-electron chi connectivity index (χ4n) is 3.37. The molecule has 0 N–H and O–H groups in total. The molecule has 126 valence electrons. The molecule has 7 nitrogen and oxygen atoms in total. The van der Waals surface area contributed by atoms with Gasteiger partial charge in [0.05, 0.1) is 18.5 Å². The van der Waals surface area contributed by atoms with Crippen LogP contribution >= 0.6 is 11.6 Å². The predicted molar refractivity (Wildman–Crippen MR) is 87.3 cm³/mol. The minimum Gasteiger partial charge on any atom is -0.461 e. The number of rotatable bonds is 4. The molecule has 3 aromatic heterocycles. The van der Waals surface area contributed by atoms with Gasteiger partial charge in [0.1, 0.15) is 5.15 Å². The minimum atomic E-state index is 0.227. The van der Waals surface area contributed by atoms with Crippen LogP contribution < -0.4 is 0 Å². The lowest BCUT2D eigenvalue weighted by atomic mass is 10.1. The molecule has 1 aliphatic heterocycles. The summed E-state index contributed by atoms with van der Waals surface area (Å²) in [5, 5.41) is 9.12. The van der Waals surface area contributed by atoms with Gasteiger partial charge < -0.3 is 8.94 Å². The van der Waals surface area contributed by atoms with Crippen LogP contribution in [0, 0.1) is 6.92 Å².